The van der Waals surface area contributed by atoms with Gasteiger partial charge < -0.3 is 19.5 Å². The lowest BCUT2D eigenvalue weighted by atomic mass is 9.95. The first-order valence-corrected chi connectivity index (χ1v) is 13.5. The Balaban J connectivity index is 1.77. The van der Waals surface area contributed by atoms with E-state index in [0.717, 1.165) is 0 Å². The highest BCUT2D eigenvalue weighted by atomic mass is 35.5. The van der Waals surface area contributed by atoms with E-state index in [-0.39, 0.29) is 11.7 Å². The maximum Gasteiger partial charge on any atom is 0.347 e. The molecular formula is C25H28Cl2N4O5S. The fourth-order valence-electron chi connectivity index (χ4n) is 3.94. The molecule has 0 amide bonds. The van der Waals surface area contributed by atoms with Crippen molar-refractivity contribution in [2.75, 3.05) is 32.8 Å². The molecule has 1 saturated heterocycles. The van der Waals surface area contributed by atoms with E-state index in [1.54, 1.807) is 38.2 Å². The maximum atomic E-state index is 13.7. The summed E-state index contributed by atoms with van der Waals surface area (Å²) in [4.78, 5) is 37.5. The van der Waals surface area contributed by atoms with Gasteiger partial charge in [-0.05, 0) is 32.9 Å². The van der Waals surface area contributed by atoms with Crippen molar-refractivity contribution in [1.29, 1.82) is 0 Å². The van der Waals surface area contributed by atoms with Gasteiger partial charge in [0.1, 0.15) is 6.04 Å². The summed E-state index contributed by atoms with van der Waals surface area (Å²) in [7, 11) is 0. The summed E-state index contributed by atoms with van der Waals surface area (Å²) < 4.78 is 16.3. The third-order valence-corrected chi connectivity index (χ3v) is 7.03. The summed E-state index contributed by atoms with van der Waals surface area (Å²) in [6.45, 7) is 7.92. The maximum absolute atomic E-state index is 13.7. The molecule has 1 unspecified atom stereocenters. The summed E-state index contributed by atoms with van der Waals surface area (Å²) in [5, 5.41) is 6.63. The van der Waals surface area contributed by atoms with Crippen LogP contribution in [0.2, 0.25) is 10.0 Å². The Bertz CT molecular complexity index is 1200. The highest BCUT2D eigenvalue weighted by Crippen LogP contribution is 2.37. The number of nitrogens with zero attached hydrogens (tertiary/aromatic N) is 3. The Morgan fingerprint density at radius 1 is 1.22 bits per heavy atom. The van der Waals surface area contributed by atoms with E-state index in [9.17, 15) is 9.59 Å². The second-order valence-corrected chi connectivity index (χ2v) is 10.6. The molecule has 2 atom stereocenters. The van der Waals surface area contributed by atoms with E-state index < -0.39 is 24.1 Å². The van der Waals surface area contributed by atoms with E-state index >= 15 is 0 Å². The van der Waals surface area contributed by atoms with Gasteiger partial charge in [-0.3, -0.25) is 9.89 Å². The Morgan fingerprint density at radius 2 is 1.97 bits per heavy atom. The molecule has 198 valence electrons. The molecule has 1 aromatic carbocycles. The van der Waals surface area contributed by atoms with Crippen molar-refractivity contribution in [3.63, 3.8) is 0 Å². The zero-order chi connectivity index (χ0) is 26.5. The third-order valence-electron chi connectivity index (χ3n) is 5.69. The molecule has 9 nitrogen and oxygen atoms in total. The molecule has 2 aliphatic rings. The number of aromatic nitrogens is 1. The molecule has 4 rings (SSSR count). The fraction of sp³-hybridized carbons (Fsp3) is 0.440. The molecule has 0 saturated carbocycles. The first-order valence-electron chi connectivity index (χ1n) is 11.9. The second-order valence-electron chi connectivity index (χ2n) is 8.82. The molecule has 1 fully saturated rings. The van der Waals surface area contributed by atoms with Gasteiger partial charge in [-0.2, -0.15) is 0 Å². The number of carbonyl (C=O) groups excluding carboxylic acids is 2. The van der Waals surface area contributed by atoms with Crippen molar-refractivity contribution in [2.24, 2.45) is 4.99 Å². The van der Waals surface area contributed by atoms with Crippen LogP contribution in [0.15, 0.2) is 46.0 Å². The normalized spacial score (nSPS) is 19.3. The van der Waals surface area contributed by atoms with Crippen LogP contribution in [0.4, 0.5) is 0 Å². The monoisotopic (exact) mass is 566 g/mol. The zero-order valence-corrected chi connectivity index (χ0v) is 23.0. The molecule has 12 heteroatoms. The first-order chi connectivity index (χ1) is 17.7. The molecule has 0 radical (unpaired) electrons. The van der Waals surface area contributed by atoms with Crippen LogP contribution in [-0.4, -0.2) is 72.7 Å². The van der Waals surface area contributed by atoms with Gasteiger partial charge in [0, 0.05) is 52.5 Å². The minimum atomic E-state index is -1.11. The molecule has 1 aromatic heterocycles. The van der Waals surface area contributed by atoms with Gasteiger partial charge in [0.15, 0.2) is 16.9 Å². The minimum absolute atomic E-state index is 0.250. The number of halogens is 2. The SMILES string of the molecule is CC(C)OC(=O)[C@@H](C)OC(=O)C1=C(CN2CCOCC2)NC(c2nccs2)=NC1c1ccc(Cl)cc1Cl. The molecular weight excluding hydrogens is 539 g/mol. The van der Waals surface area contributed by atoms with Gasteiger partial charge in [-0.15, -0.1) is 11.3 Å². The first kappa shape index (κ1) is 27.5. The Labute approximate surface area is 229 Å². The van der Waals surface area contributed by atoms with Crippen LogP contribution in [0.25, 0.3) is 0 Å². The predicted octanol–water partition coefficient (Wildman–Crippen LogP) is 4.01. The summed E-state index contributed by atoms with van der Waals surface area (Å²) in [5.74, 6) is -0.810. The lowest BCUT2D eigenvalue weighted by molar-refractivity contribution is -0.167. The van der Waals surface area contributed by atoms with E-state index in [1.807, 2.05) is 5.38 Å². The standard InChI is InChI=1S/C25H28Cl2N4O5S/c1-14(2)35-24(32)15(3)36-25(33)20-19(13-31-7-9-34-10-8-31)29-22(23-28-6-11-37-23)30-21(20)17-5-4-16(26)12-18(17)27/h4-6,11-12,14-15,21H,7-10,13H2,1-3H3,(H,29,30)/t15-,21?/m1/s1. The average Bonchev–Trinajstić information content (AvgIpc) is 3.39. The number of esters is 2. The number of rotatable bonds is 8. The van der Waals surface area contributed by atoms with Gasteiger partial charge in [-0.25, -0.2) is 14.6 Å². The summed E-state index contributed by atoms with van der Waals surface area (Å²) in [6.07, 6.45) is 0.232. The fourth-order valence-corrected chi connectivity index (χ4v) is 5.04. The molecule has 3 heterocycles. The van der Waals surface area contributed by atoms with Crippen LogP contribution in [-0.2, 0) is 23.8 Å². The zero-order valence-electron chi connectivity index (χ0n) is 20.7. The van der Waals surface area contributed by atoms with Crippen molar-refractivity contribution in [3.8, 4) is 0 Å². The van der Waals surface area contributed by atoms with Crippen LogP contribution < -0.4 is 5.32 Å². The van der Waals surface area contributed by atoms with Crippen molar-refractivity contribution >= 4 is 52.3 Å². The second kappa shape index (κ2) is 12.4. The average molecular weight is 567 g/mol. The van der Waals surface area contributed by atoms with Crippen LogP contribution in [0, 0.1) is 0 Å². The van der Waals surface area contributed by atoms with E-state index in [0.29, 0.717) is 65.0 Å². The number of benzene rings is 1. The number of hydrogen-bond donors (Lipinski definition) is 1. The Hall–Kier alpha value is -2.50. The highest BCUT2D eigenvalue weighted by Gasteiger charge is 2.36. The quantitative estimate of drug-likeness (QED) is 0.478. The van der Waals surface area contributed by atoms with Crippen LogP contribution >= 0.6 is 34.5 Å². The lowest BCUT2D eigenvalue weighted by Gasteiger charge is -2.32. The summed E-state index contributed by atoms with van der Waals surface area (Å²) in [5.41, 5.74) is 1.42. The number of carbonyl (C=O) groups is 2. The molecule has 0 bridgehead atoms. The van der Waals surface area contributed by atoms with Gasteiger partial charge in [0.05, 0.1) is 24.9 Å². The van der Waals surface area contributed by atoms with Crippen molar-refractivity contribution in [2.45, 2.75) is 39.0 Å². The Morgan fingerprint density at radius 3 is 2.62 bits per heavy atom. The summed E-state index contributed by atoms with van der Waals surface area (Å²) in [6, 6.07) is 4.21. The van der Waals surface area contributed by atoms with Gasteiger partial charge in [0.2, 0.25) is 0 Å². The number of nitrogens with one attached hydrogen (secondary N) is 1. The van der Waals surface area contributed by atoms with E-state index in [4.69, 9.17) is 42.4 Å². The van der Waals surface area contributed by atoms with E-state index in [1.165, 1.54) is 18.3 Å². The molecule has 37 heavy (non-hydrogen) atoms. The van der Waals surface area contributed by atoms with Gasteiger partial charge >= 0.3 is 11.9 Å². The van der Waals surface area contributed by atoms with Crippen molar-refractivity contribution in [1.82, 2.24) is 15.2 Å². The topological polar surface area (TPSA) is 102 Å². The van der Waals surface area contributed by atoms with E-state index in [2.05, 4.69) is 15.2 Å². The van der Waals surface area contributed by atoms with Crippen LogP contribution in [0.1, 0.15) is 37.4 Å². The smallest absolute Gasteiger partial charge is 0.347 e. The largest absolute Gasteiger partial charge is 0.460 e. The number of amidine groups is 1. The van der Waals surface area contributed by atoms with Crippen molar-refractivity contribution in [3.05, 3.63) is 61.7 Å². The molecule has 0 aliphatic carbocycles. The third kappa shape index (κ3) is 6.88. The number of morpholine rings is 1. The Kier molecular flexibility index (Phi) is 9.20. The highest BCUT2D eigenvalue weighted by molar-refractivity contribution is 7.11. The number of thiazole rings is 1. The minimum Gasteiger partial charge on any atom is -0.460 e. The number of hydrogen-bond acceptors (Lipinski definition) is 10. The van der Waals surface area contributed by atoms with Crippen molar-refractivity contribution < 1.29 is 23.8 Å². The van der Waals surface area contributed by atoms with Gasteiger partial charge in [-0.1, -0.05) is 29.3 Å². The van der Waals surface area contributed by atoms with Crippen LogP contribution in [0.5, 0.6) is 0 Å². The molecule has 2 aliphatic heterocycles. The lowest BCUT2D eigenvalue weighted by Crippen LogP contribution is -2.43. The van der Waals surface area contributed by atoms with Gasteiger partial charge in [0.25, 0.3) is 0 Å². The molecule has 0 spiro atoms. The number of aliphatic imine (C=N–C) groups is 1. The summed E-state index contributed by atoms with van der Waals surface area (Å²) >= 11 is 14.2. The number of ether oxygens (including phenoxy) is 3. The predicted molar refractivity (Wildman–Crippen MR) is 142 cm³/mol. The van der Waals surface area contributed by atoms with Crippen LogP contribution in [0.3, 0.4) is 0 Å². The molecule has 1 N–H and O–H groups in total. The molecule has 2 aromatic rings.